The van der Waals surface area contributed by atoms with Crippen molar-refractivity contribution in [3.05, 3.63) is 76.9 Å². The first kappa shape index (κ1) is 23.0. The Morgan fingerprint density at radius 2 is 1.91 bits per heavy atom. The summed E-state index contributed by atoms with van der Waals surface area (Å²) >= 11 is 6.03. The second kappa shape index (κ2) is 9.77. The Hall–Kier alpha value is -3.16. The number of rotatable bonds is 8. The van der Waals surface area contributed by atoms with E-state index >= 15 is 0 Å². The fraction of sp³-hybridized carbons (Fsp3) is 0.320. The lowest BCUT2D eigenvalue weighted by atomic mass is 9.94. The Morgan fingerprint density at radius 3 is 2.61 bits per heavy atom. The van der Waals surface area contributed by atoms with Crippen LogP contribution in [0.1, 0.15) is 29.4 Å². The van der Waals surface area contributed by atoms with Crippen LogP contribution in [0.4, 0.5) is 0 Å². The van der Waals surface area contributed by atoms with Crippen molar-refractivity contribution < 1.29 is 14.3 Å². The van der Waals surface area contributed by atoms with E-state index in [0.717, 1.165) is 11.1 Å². The van der Waals surface area contributed by atoms with E-state index in [4.69, 9.17) is 16.3 Å². The van der Waals surface area contributed by atoms with Crippen LogP contribution in [0.3, 0.4) is 0 Å². The molecule has 1 aliphatic rings. The SMILES string of the molecule is COCCCNC(=O)C1(C)Cn2nc(-c3ccccc3)cc2C(=O)N1Cc1ccc(Cl)cc1. The number of carbonyl (C=O) groups is 2. The second-order valence-corrected chi connectivity index (χ2v) is 8.77. The molecule has 0 aliphatic carbocycles. The Kier molecular flexibility index (Phi) is 6.81. The monoisotopic (exact) mass is 466 g/mol. The number of fused-ring (bicyclic) bond motifs is 1. The summed E-state index contributed by atoms with van der Waals surface area (Å²) in [6.07, 6.45) is 0.689. The van der Waals surface area contributed by atoms with E-state index in [-0.39, 0.29) is 24.9 Å². The van der Waals surface area contributed by atoms with Gasteiger partial charge in [0.1, 0.15) is 11.2 Å². The molecule has 0 fully saturated rings. The molecule has 0 radical (unpaired) electrons. The molecule has 2 amide bonds. The van der Waals surface area contributed by atoms with Crippen molar-refractivity contribution in [3.63, 3.8) is 0 Å². The molecule has 8 heteroatoms. The van der Waals surface area contributed by atoms with E-state index in [2.05, 4.69) is 10.4 Å². The number of carbonyl (C=O) groups excluding carboxylic acids is 2. The molecule has 1 N–H and O–H groups in total. The minimum Gasteiger partial charge on any atom is -0.385 e. The number of halogens is 1. The minimum atomic E-state index is -1.11. The van der Waals surface area contributed by atoms with Crippen LogP contribution in [0.2, 0.25) is 5.02 Å². The Morgan fingerprint density at radius 1 is 1.18 bits per heavy atom. The van der Waals surface area contributed by atoms with Crippen LogP contribution >= 0.6 is 11.6 Å². The zero-order chi connectivity index (χ0) is 23.4. The van der Waals surface area contributed by atoms with Gasteiger partial charge in [-0.1, -0.05) is 54.1 Å². The standard InChI is InChI=1S/C25H27ClN4O3/c1-25(24(32)27-13-6-14-33-2)17-30-22(15-21(28-30)19-7-4-3-5-8-19)23(31)29(25)16-18-9-11-20(26)12-10-18/h3-5,7-12,15H,6,13-14,16-17H2,1-2H3,(H,27,32). The van der Waals surface area contributed by atoms with Gasteiger partial charge >= 0.3 is 0 Å². The maximum absolute atomic E-state index is 13.7. The van der Waals surface area contributed by atoms with Gasteiger partial charge in [-0.05, 0) is 37.1 Å². The van der Waals surface area contributed by atoms with Crippen molar-refractivity contribution in [1.82, 2.24) is 20.0 Å². The molecule has 0 saturated carbocycles. The zero-order valence-electron chi connectivity index (χ0n) is 18.8. The number of amides is 2. The summed E-state index contributed by atoms with van der Waals surface area (Å²) in [7, 11) is 1.63. The van der Waals surface area contributed by atoms with Crippen molar-refractivity contribution in [2.24, 2.45) is 0 Å². The number of nitrogens with one attached hydrogen (secondary N) is 1. The van der Waals surface area contributed by atoms with Gasteiger partial charge < -0.3 is 15.0 Å². The van der Waals surface area contributed by atoms with Crippen LogP contribution in [-0.4, -0.2) is 52.3 Å². The topological polar surface area (TPSA) is 76.5 Å². The van der Waals surface area contributed by atoms with Gasteiger partial charge in [0.05, 0.1) is 12.2 Å². The lowest BCUT2D eigenvalue weighted by Gasteiger charge is -2.43. The third-order valence-corrected chi connectivity index (χ3v) is 6.17. The van der Waals surface area contributed by atoms with E-state index in [0.29, 0.717) is 36.0 Å². The molecule has 4 rings (SSSR count). The number of nitrogens with zero attached hydrogens (tertiary/aromatic N) is 3. The summed E-state index contributed by atoms with van der Waals surface area (Å²) in [4.78, 5) is 28.7. The van der Waals surface area contributed by atoms with Gasteiger partial charge in [0, 0.05) is 37.4 Å². The highest BCUT2D eigenvalue weighted by Crippen LogP contribution is 2.31. The maximum atomic E-state index is 13.7. The summed E-state index contributed by atoms with van der Waals surface area (Å²) < 4.78 is 6.72. The highest BCUT2D eigenvalue weighted by atomic mass is 35.5. The van der Waals surface area contributed by atoms with Gasteiger partial charge in [-0.15, -0.1) is 0 Å². The summed E-state index contributed by atoms with van der Waals surface area (Å²) in [5.41, 5.74) is 1.86. The van der Waals surface area contributed by atoms with Crippen LogP contribution in [0.15, 0.2) is 60.7 Å². The van der Waals surface area contributed by atoms with Crippen molar-refractivity contribution in [1.29, 1.82) is 0 Å². The van der Waals surface area contributed by atoms with E-state index in [1.807, 2.05) is 42.5 Å². The van der Waals surface area contributed by atoms with Crippen LogP contribution in [0, 0.1) is 0 Å². The van der Waals surface area contributed by atoms with Gasteiger partial charge in [0.15, 0.2) is 0 Å². The first-order chi connectivity index (χ1) is 15.9. The van der Waals surface area contributed by atoms with Crippen molar-refractivity contribution in [2.45, 2.75) is 32.0 Å². The van der Waals surface area contributed by atoms with E-state index < -0.39 is 5.54 Å². The number of methoxy groups -OCH3 is 1. The van der Waals surface area contributed by atoms with Gasteiger partial charge in [-0.2, -0.15) is 5.10 Å². The van der Waals surface area contributed by atoms with Crippen LogP contribution in [-0.2, 0) is 22.6 Å². The quantitative estimate of drug-likeness (QED) is 0.513. The lowest BCUT2D eigenvalue weighted by molar-refractivity contribution is -0.133. The molecule has 33 heavy (non-hydrogen) atoms. The molecule has 172 valence electrons. The Balaban J connectivity index is 1.68. The van der Waals surface area contributed by atoms with E-state index in [1.54, 1.807) is 41.8 Å². The van der Waals surface area contributed by atoms with E-state index in [9.17, 15) is 9.59 Å². The smallest absolute Gasteiger partial charge is 0.273 e. The van der Waals surface area contributed by atoms with Gasteiger partial charge in [-0.3, -0.25) is 14.3 Å². The van der Waals surface area contributed by atoms with Crippen LogP contribution in [0.25, 0.3) is 11.3 Å². The molecular formula is C25H27ClN4O3. The molecule has 0 bridgehead atoms. The Bertz CT molecular complexity index is 1130. The number of hydrogen-bond acceptors (Lipinski definition) is 4. The van der Waals surface area contributed by atoms with Crippen LogP contribution in [0.5, 0.6) is 0 Å². The highest BCUT2D eigenvalue weighted by molar-refractivity contribution is 6.30. The molecule has 1 unspecified atom stereocenters. The normalized spacial score (nSPS) is 17.7. The van der Waals surface area contributed by atoms with Gasteiger partial charge in [0.25, 0.3) is 5.91 Å². The number of hydrogen-bond donors (Lipinski definition) is 1. The molecule has 1 aliphatic heterocycles. The molecule has 3 aromatic rings. The van der Waals surface area contributed by atoms with Crippen LogP contribution < -0.4 is 5.32 Å². The molecule has 0 saturated heterocycles. The maximum Gasteiger partial charge on any atom is 0.273 e. The predicted octanol–water partition coefficient (Wildman–Crippen LogP) is 3.77. The minimum absolute atomic E-state index is 0.219. The number of benzene rings is 2. The van der Waals surface area contributed by atoms with Crippen molar-refractivity contribution in [2.75, 3.05) is 20.3 Å². The summed E-state index contributed by atoms with van der Waals surface area (Å²) in [5.74, 6) is -0.455. The average molecular weight is 467 g/mol. The summed E-state index contributed by atoms with van der Waals surface area (Å²) in [6, 6.07) is 18.8. The van der Waals surface area contributed by atoms with Gasteiger partial charge in [-0.25, -0.2) is 0 Å². The fourth-order valence-electron chi connectivity index (χ4n) is 4.02. The first-order valence-corrected chi connectivity index (χ1v) is 11.3. The second-order valence-electron chi connectivity index (χ2n) is 8.33. The Labute approximate surface area is 198 Å². The molecular weight excluding hydrogens is 440 g/mol. The molecule has 7 nitrogen and oxygen atoms in total. The molecule has 0 spiro atoms. The molecule has 2 aromatic carbocycles. The average Bonchev–Trinajstić information content (AvgIpc) is 3.25. The first-order valence-electron chi connectivity index (χ1n) is 10.9. The summed E-state index contributed by atoms with van der Waals surface area (Å²) in [6.45, 7) is 3.34. The predicted molar refractivity (Wildman–Crippen MR) is 127 cm³/mol. The molecule has 2 heterocycles. The van der Waals surface area contributed by atoms with E-state index in [1.165, 1.54) is 0 Å². The third-order valence-electron chi connectivity index (χ3n) is 5.92. The zero-order valence-corrected chi connectivity index (χ0v) is 19.5. The summed E-state index contributed by atoms with van der Waals surface area (Å²) in [5, 5.41) is 8.25. The number of aromatic nitrogens is 2. The highest BCUT2D eigenvalue weighted by Gasteiger charge is 2.47. The molecule has 1 atom stereocenters. The van der Waals surface area contributed by atoms with Crippen molar-refractivity contribution in [3.8, 4) is 11.3 Å². The van der Waals surface area contributed by atoms with Crippen molar-refractivity contribution >= 4 is 23.4 Å². The van der Waals surface area contributed by atoms with Gasteiger partial charge in [0.2, 0.25) is 5.91 Å². The number of ether oxygens (including phenoxy) is 1. The third kappa shape index (κ3) is 4.79. The largest absolute Gasteiger partial charge is 0.385 e. The molecule has 1 aromatic heterocycles. The fourth-order valence-corrected chi connectivity index (χ4v) is 4.15. The lowest BCUT2D eigenvalue weighted by Crippen LogP contribution is -2.63.